The van der Waals surface area contributed by atoms with Gasteiger partial charge < -0.3 is 20.1 Å². The lowest BCUT2D eigenvalue weighted by Gasteiger charge is -2.35. The first kappa shape index (κ1) is 14.7. The number of ether oxygens (including phenoxy) is 1. The van der Waals surface area contributed by atoms with Gasteiger partial charge in [0.05, 0.1) is 19.3 Å². The lowest BCUT2D eigenvalue weighted by atomic mass is 9.92. The van der Waals surface area contributed by atoms with Gasteiger partial charge in [-0.3, -0.25) is 0 Å². The van der Waals surface area contributed by atoms with Crippen molar-refractivity contribution in [1.29, 1.82) is 0 Å². The summed E-state index contributed by atoms with van der Waals surface area (Å²) in [5, 5.41) is 12.8. The Kier molecular flexibility index (Phi) is 4.84. The predicted octanol–water partition coefficient (Wildman–Crippen LogP) is 2.46. The topological polar surface area (TPSA) is 61.8 Å². The van der Waals surface area contributed by atoms with Gasteiger partial charge in [0.2, 0.25) is 0 Å². The Morgan fingerprint density at radius 1 is 1.40 bits per heavy atom. The highest BCUT2D eigenvalue weighted by molar-refractivity contribution is 5.89. The van der Waals surface area contributed by atoms with Crippen molar-refractivity contribution in [3.63, 3.8) is 0 Å². The van der Waals surface area contributed by atoms with Gasteiger partial charge >= 0.3 is 6.03 Å². The standard InChI is InChI=1S/C15H22N2O3/c1-17(13-8-3-4-9-14(13)18)15(19)16-11-6-5-7-12(10-11)20-2/h5-7,10,13-14,18H,3-4,8-9H2,1-2H3,(H,16,19)/t13-,14-/m1/s1. The molecular formula is C15H22N2O3. The predicted molar refractivity (Wildman–Crippen MR) is 78.0 cm³/mol. The van der Waals surface area contributed by atoms with E-state index in [0.717, 1.165) is 25.7 Å². The molecule has 1 aromatic rings. The van der Waals surface area contributed by atoms with Crippen LogP contribution in [0.2, 0.25) is 0 Å². The van der Waals surface area contributed by atoms with Crippen LogP contribution in [-0.4, -0.2) is 42.3 Å². The lowest BCUT2D eigenvalue weighted by Crippen LogP contribution is -2.47. The monoisotopic (exact) mass is 278 g/mol. The Hall–Kier alpha value is -1.75. The second kappa shape index (κ2) is 6.61. The van der Waals surface area contributed by atoms with Gasteiger partial charge in [-0.25, -0.2) is 4.79 Å². The van der Waals surface area contributed by atoms with Crippen molar-refractivity contribution in [2.45, 2.75) is 37.8 Å². The minimum absolute atomic E-state index is 0.102. The maximum absolute atomic E-state index is 12.2. The van der Waals surface area contributed by atoms with Crippen LogP contribution >= 0.6 is 0 Å². The SMILES string of the molecule is COc1cccc(NC(=O)N(C)[C@@H]2CCCC[C@H]2O)c1. The highest BCUT2D eigenvalue weighted by Gasteiger charge is 2.29. The van der Waals surface area contributed by atoms with Crippen molar-refractivity contribution in [3.8, 4) is 5.75 Å². The average molecular weight is 278 g/mol. The summed E-state index contributed by atoms with van der Waals surface area (Å²) >= 11 is 0. The van der Waals surface area contributed by atoms with Crippen LogP contribution in [0.1, 0.15) is 25.7 Å². The van der Waals surface area contributed by atoms with Gasteiger partial charge in [-0.15, -0.1) is 0 Å². The number of methoxy groups -OCH3 is 1. The first-order valence-electron chi connectivity index (χ1n) is 6.97. The second-order valence-electron chi connectivity index (χ2n) is 5.19. The smallest absolute Gasteiger partial charge is 0.321 e. The van der Waals surface area contributed by atoms with Crippen LogP contribution in [0.25, 0.3) is 0 Å². The molecule has 1 aliphatic carbocycles. The molecule has 0 spiro atoms. The Balaban J connectivity index is 1.99. The molecule has 1 aromatic carbocycles. The van der Waals surface area contributed by atoms with Crippen LogP contribution in [0.5, 0.6) is 5.75 Å². The lowest BCUT2D eigenvalue weighted by molar-refractivity contribution is 0.0494. The second-order valence-corrected chi connectivity index (χ2v) is 5.19. The molecule has 1 saturated carbocycles. The molecule has 0 saturated heterocycles. The summed E-state index contributed by atoms with van der Waals surface area (Å²) in [6, 6.07) is 6.92. The fourth-order valence-electron chi connectivity index (χ4n) is 2.61. The number of hydrogen-bond acceptors (Lipinski definition) is 3. The van der Waals surface area contributed by atoms with Crippen molar-refractivity contribution in [2.75, 3.05) is 19.5 Å². The van der Waals surface area contributed by atoms with Crippen LogP contribution in [-0.2, 0) is 0 Å². The van der Waals surface area contributed by atoms with E-state index >= 15 is 0 Å². The normalized spacial score (nSPS) is 22.1. The number of hydrogen-bond donors (Lipinski definition) is 2. The highest BCUT2D eigenvalue weighted by Crippen LogP contribution is 2.23. The molecule has 0 unspecified atom stereocenters. The van der Waals surface area contributed by atoms with Gasteiger partial charge in [-0.05, 0) is 25.0 Å². The van der Waals surface area contributed by atoms with Crippen LogP contribution < -0.4 is 10.1 Å². The number of amides is 2. The Morgan fingerprint density at radius 3 is 2.85 bits per heavy atom. The number of aliphatic hydroxyl groups is 1. The van der Waals surface area contributed by atoms with E-state index in [2.05, 4.69) is 5.32 Å². The van der Waals surface area contributed by atoms with Gasteiger partial charge in [-0.1, -0.05) is 18.9 Å². The summed E-state index contributed by atoms with van der Waals surface area (Å²) in [5.74, 6) is 0.697. The van der Waals surface area contributed by atoms with E-state index in [1.807, 2.05) is 18.2 Å². The summed E-state index contributed by atoms with van der Waals surface area (Å²) < 4.78 is 5.13. The molecule has 0 bridgehead atoms. The van der Waals surface area contributed by atoms with Crippen molar-refractivity contribution in [1.82, 2.24) is 4.90 Å². The van der Waals surface area contributed by atoms with Crippen molar-refractivity contribution in [2.24, 2.45) is 0 Å². The third kappa shape index (κ3) is 3.42. The maximum atomic E-state index is 12.2. The number of nitrogens with zero attached hydrogens (tertiary/aromatic N) is 1. The largest absolute Gasteiger partial charge is 0.497 e. The quantitative estimate of drug-likeness (QED) is 0.893. The summed E-state index contributed by atoms with van der Waals surface area (Å²) in [7, 11) is 3.32. The minimum atomic E-state index is -0.426. The Labute approximate surface area is 119 Å². The zero-order chi connectivity index (χ0) is 14.5. The molecule has 5 heteroatoms. The molecule has 20 heavy (non-hydrogen) atoms. The molecule has 2 rings (SSSR count). The van der Waals surface area contributed by atoms with Gasteiger partial charge in [-0.2, -0.15) is 0 Å². The molecular weight excluding hydrogens is 256 g/mol. The molecule has 2 amide bonds. The summed E-state index contributed by atoms with van der Waals surface area (Å²) in [6.07, 6.45) is 3.27. The zero-order valence-electron chi connectivity index (χ0n) is 12.0. The van der Waals surface area contributed by atoms with Gasteiger partial charge in [0.1, 0.15) is 5.75 Å². The maximum Gasteiger partial charge on any atom is 0.321 e. The zero-order valence-corrected chi connectivity index (χ0v) is 12.0. The average Bonchev–Trinajstić information content (AvgIpc) is 2.47. The number of anilines is 1. The molecule has 5 nitrogen and oxygen atoms in total. The van der Waals surface area contributed by atoms with Crippen LogP contribution in [0.15, 0.2) is 24.3 Å². The number of carbonyl (C=O) groups excluding carboxylic acids is 1. The van der Waals surface area contributed by atoms with E-state index in [-0.39, 0.29) is 12.1 Å². The Bertz CT molecular complexity index is 464. The highest BCUT2D eigenvalue weighted by atomic mass is 16.5. The third-order valence-electron chi connectivity index (χ3n) is 3.83. The Morgan fingerprint density at radius 2 is 2.15 bits per heavy atom. The summed E-state index contributed by atoms with van der Waals surface area (Å²) in [4.78, 5) is 13.8. The molecule has 0 aromatic heterocycles. The number of urea groups is 1. The number of benzene rings is 1. The number of rotatable bonds is 3. The fourth-order valence-corrected chi connectivity index (χ4v) is 2.61. The van der Waals surface area contributed by atoms with E-state index in [9.17, 15) is 9.90 Å². The molecule has 1 fully saturated rings. The van der Waals surface area contributed by atoms with E-state index in [1.54, 1.807) is 25.1 Å². The first-order chi connectivity index (χ1) is 9.61. The molecule has 0 radical (unpaired) electrons. The van der Waals surface area contributed by atoms with Crippen LogP contribution in [0, 0.1) is 0 Å². The van der Waals surface area contributed by atoms with Crippen molar-refractivity contribution in [3.05, 3.63) is 24.3 Å². The molecule has 1 aliphatic rings. The van der Waals surface area contributed by atoms with Crippen LogP contribution in [0.4, 0.5) is 10.5 Å². The number of nitrogens with one attached hydrogen (secondary N) is 1. The fraction of sp³-hybridized carbons (Fsp3) is 0.533. The number of aliphatic hydroxyl groups excluding tert-OH is 1. The van der Waals surface area contributed by atoms with E-state index in [4.69, 9.17) is 4.74 Å². The number of likely N-dealkylation sites (N-methyl/N-ethyl adjacent to an activating group) is 1. The first-order valence-corrected chi connectivity index (χ1v) is 6.97. The van der Waals surface area contributed by atoms with Gasteiger partial charge in [0.15, 0.2) is 0 Å². The van der Waals surface area contributed by atoms with Gasteiger partial charge in [0.25, 0.3) is 0 Å². The van der Waals surface area contributed by atoms with Crippen molar-refractivity contribution >= 4 is 11.7 Å². The number of carbonyl (C=O) groups is 1. The molecule has 2 N–H and O–H groups in total. The van der Waals surface area contributed by atoms with Crippen molar-refractivity contribution < 1.29 is 14.6 Å². The molecule has 2 atom stereocenters. The summed E-state index contributed by atoms with van der Waals surface area (Å²) in [6.45, 7) is 0. The molecule has 0 aliphatic heterocycles. The molecule has 110 valence electrons. The molecule has 0 heterocycles. The summed E-state index contributed by atoms with van der Waals surface area (Å²) in [5.41, 5.74) is 0.687. The minimum Gasteiger partial charge on any atom is -0.497 e. The third-order valence-corrected chi connectivity index (χ3v) is 3.83. The van der Waals surface area contributed by atoms with Gasteiger partial charge in [0, 0.05) is 18.8 Å². The van der Waals surface area contributed by atoms with E-state index in [1.165, 1.54) is 0 Å². The van der Waals surface area contributed by atoms with Crippen LogP contribution in [0.3, 0.4) is 0 Å². The van der Waals surface area contributed by atoms with E-state index in [0.29, 0.717) is 11.4 Å². The van der Waals surface area contributed by atoms with E-state index < -0.39 is 6.10 Å².